The van der Waals surface area contributed by atoms with Crippen molar-refractivity contribution in [2.45, 2.75) is 19.1 Å². The molecule has 0 aliphatic carbocycles. The van der Waals surface area contributed by atoms with Crippen LogP contribution in [0.4, 0.5) is 0 Å². The summed E-state index contributed by atoms with van der Waals surface area (Å²) in [5.41, 5.74) is 0. The number of rotatable bonds is 1. The Balaban J connectivity index is -0.000000180. The predicted molar refractivity (Wildman–Crippen MR) is 28.4 cm³/mol. The van der Waals surface area contributed by atoms with E-state index in [4.69, 9.17) is 5.14 Å². The van der Waals surface area contributed by atoms with Crippen LogP contribution in [-0.2, 0) is 50.9 Å². The maximum atomic E-state index is 10.00. The number of sulfonamides is 1. The van der Waals surface area contributed by atoms with Gasteiger partial charge in [0.2, 0.25) is 0 Å². The molecule has 58 valence electrons. The molecule has 0 saturated carbocycles. The number of nitrogens with one attached hydrogen (secondary N) is 1. The molecule has 0 amide bonds. The van der Waals surface area contributed by atoms with Gasteiger partial charge in [0.05, 0.1) is 10.0 Å². The van der Waals surface area contributed by atoms with Crippen molar-refractivity contribution >= 4 is 10.0 Å². The van der Waals surface area contributed by atoms with E-state index in [0.29, 0.717) is 0 Å². The van der Waals surface area contributed by atoms with Crippen molar-refractivity contribution in [2.24, 2.45) is 0 Å². The summed E-state index contributed by atoms with van der Waals surface area (Å²) in [5.74, 6) is 0. The van der Waals surface area contributed by atoms with Crippen LogP contribution in [0.15, 0.2) is 0 Å². The molecule has 2 radical (unpaired) electrons. The van der Waals surface area contributed by atoms with E-state index in [-0.39, 0.29) is 40.8 Å². The summed E-state index contributed by atoms with van der Waals surface area (Å²) in [4.78, 5) is 0. The summed E-state index contributed by atoms with van der Waals surface area (Å²) in [6.45, 7) is 2.95. The van der Waals surface area contributed by atoms with Crippen LogP contribution in [0.2, 0.25) is 0 Å². The maximum Gasteiger partial charge on any atom is 0.0723 e. The molecule has 0 aromatic carbocycles. The van der Waals surface area contributed by atoms with E-state index < -0.39 is 15.3 Å². The molecule has 0 unspecified atom stereocenters. The largest absolute Gasteiger partial charge is 0.564 e. The van der Waals surface area contributed by atoms with Gasteiger partial charge < -0.3 is 5.14 Å². The minimum absolute atomic E-state index is 0. The fourth-order valence-electron chi connectivity index (χ4n) is 0. The molecule has 0 aromatic heterocycles. The van der Waals surface area contributed by atoms with Crippen molar-refractivity contribution in [1.82, 2.24) is 0 Å². The summed E-state index contributed by atoms with van der Waals surface area (Å²) < 4.78 is 20.0. The van der Waals surface area contributed by atoms with Gasteiger partial charge in [-0.1, -0.05) is 13.8 Å². The molecule has 3 nitrogen and oxygen atoms in total. The Morgan fingerprint density at radius 2 is 1.33 bits per heavy atom. The first-order chi connectivity index (χ1) is 2.94. The van der Waals surface area contributed by atoms with Gasteiger partial charge in [-0.3, -0.25) is 0 Å². The van der Waals surface area contributed by atoms with Crippen LogP contribution in [0.25, 0.3) is 5.14 Å². The van der Waals surface area contributed by atoms with E-state index in [1.54, 1.807) is 0 Å². The standard InChI is InChI=1S/C3H8NO2S.2Re/c1-3(2)7(4,5)6;;/h3H,1-2H3,(H-,4,5,6);;/q-1;;. The van der Waals surface area contributed by atoms with E-state index in [1.165, 1.54) is 13.8 Å². The second-order valence-electron chi connectivity index (χ2n) is 1.59. The van der Waals surface area contributed by atoms with E-state index in [0.717, 1.165) is 0 Å². The molecule has 0 atom stereocenters. The minimum atomic E-state index is -3.49. The quantitative estimate of drug-likeness (QED) is 0.541. The van der Waals surface area contributed by atoms with Gasteiger partial charge in [0, 0.05) is 46.1 Å². The minimum Gasteiger partial charge on any atom is -0.564 e. The predicted octanol–water partition coefficient (Wildman–Crippen LogP) is 0.772. The average molecular weight is 495 g/mol. The summed E-state index contributed by atoms with van der Waals surface area (Å²) in [7, 11) is -3.49. The zero-order chi connectivity index (χ0) is 6.08. The van der Waals surface area contributed by atoms with Crippen LogP contribution in [0.3, 0.4) is 0 Å². The third kappa shape index (κ3) is 9.23. The third-order valence-corrected chi connectivity index (χ3v) is 1.86. The maximum absolute atomic E-state index is 10.00. The average Bonchev–Trinajstić information content (AvgIpc) is 1.31. The normalized spacial score (nSPS) is 9.78. The Morgan fingerprint density at radius 1 is 1.22 bits per heavy atom. The number of hydrogen-bond donors (Lipinski definition) is 0. The van der Waals surface area contributed by atoms with Gasteiger partial charge in [-0.25, -0.2) is 8.42 Å². The van der Waals surface area contributed by atoms with Crippen LogP contribution in [0.5, 0.6) is 0 Å². The molecule has 0 rings (SSSR count). The van der Waals surface area contributed by atoms with Gasteiger partial charge in [-0.15, -0.1) is 0 Å². The first kappa shape index (κ1) is 16.7. The second kappa shape index (κ2) is 5.98. The molecule has 0 spiro atoms. The first-order valence-electron chi connectivity index (χ1n) is 1.93. The van der Waals surface area contributed by atoms with Crippen molar-refractivity contribution < 1.29 is 49.3 Å². The van der Waals surface area contributed by atoms with Gasteiger partial charge in [-0.2, -0.15) is 0 Å². The Labute approximate surface area is 83.1 Å². The molecule has 6 heteroatoms. The molecule has 1 N–H and O–H groups in total. The number of hydrogen-bond acceptors (Lipinski definition) is 2. The van der Waals surface area contributed by atoms with E-state index in [2.05, 4.69) is 0 Å². The third-order valence-electron chi connectivity index (χ3n) is 0.621. The van der Waals surface area contributed by atoms with Crippen LogP contribution >= 0.6 is 0 Å². The van der Waals surface area contributed by atoms with E-state index in [1.807, 2.05) is 0 Å². The molecular formula is C3H8NO2Re2S-. The summed E-state index contributed by atoms with van der Waals surface area (Å²) in [6, 6.07) is 0. The van der Waals surface area contributed by atoms with Gasteiger partial charge in [0.1, 0.15) is 0 Å². The molecular weight excluding hydrogens is 487 g/mol. The summed E-state index contributed by atoms with van der Waals surface area (Å²) in [5, 5.41) is 5.80. The van der Waals surface area contributed by atoms with Gasteiger partial charge in [-0.05, 0) is 0 Å². The molecule has 0 fully saturated rings. The van der Waals surface area contributed by atoms with Crippen molar-refractivity contribution in [3.05, 3.63) is 5.14 Å². The van der Waals surface area contributed by atoms with Crippen LogP contribution in [0, 0.1) is 0 Å². The van der Waals surface area contributed by atoms with Crippen molar-refractivity contribution in [2.75, 3.05) is 0 Å². The van der Waals surface area contributed by atoms with Crippen LogP contribution in [-0.4, -0.2) is 13.7 Å². The Kier molecular flexibility index (Phi) is 11.1. The fraction of sp³-hybridized carbons (Fsp3) is 1.00. The molecule has 0 aliphatic heterocycles. The zero-order valence-corrected chi connectivity index (χ0v) is 11.3. The second-order valence-corrected chi connectivity index (χ2v) is 3.63. The molecule has 0 aliphatic rings. The van der Waals surface area contributed by atoms with Crippen LogP contribution in [0.1, 0.15) is 13.8 Å². The van der Waals surface area contributed by atoms with Gasteiger partial charge in [0.25, 0.3) is 0 Å². The molecule has 9 heavy (non-hydrogen) atoms. The molecule has 0 saturated heterocycles. The zero-order valence-electron chi connectivity index (χ0n) is 5.06. The summed E-state index contributed by atoms with van der Waals surface area (Å²) in [6.07, 6.45) is 0. The Bertz CT molecular complexity index is 142. The van der Waals surface area contributed by atoms with Crippen molar-refractivity contribution in [1.29, 1.82) is 0 Å². The SMILES string of the molecule is CC(C)S([NH-])(=O)=O.[Re].[Re]. The Hall–Kier alpha value is 1.23. The molecule has 0 heterocycles. The molecule has 0 aromatic rings. The van der Waals surface area contributed by atoms with Gasteiger partial charge >= 0.3 is 0 Å². The smallest absolute Gasteiger partial charge is 0.0723 e. The monoisotopic (exact) mass is 496 g/mol. The topological polar surface area (TPSA) is 57.9 Å². The first-order valence-corrected chi connectivity index (χ1v) is 3.47. The van der Waals surface area contributed by atoms with Gasteiger partial charge in [0.15, 0.2) is 0 Å². The van der Waals surface area contributed by atoms with E-state index in [9.17, 15) is 8.42 Å². The summed E-state index contributed by atoms with van der Waals surface area (Å²) >= 11 is 0. The van der Waals surface area contributed by atoms with Crippen LogP contribution < -0.4 is 0 Å². The van der Waals surface area contributed by atoms with E-state index >= 15 is 0 Å². The Morgan fingerprint density at radius 3 is 1.33 bits per heavy atom. The fourth-order valence-corrected chi connectivity index (χ4v) is 0. The van der Waals surface area contributed by atoms with Crippen molar-refractivity contribution in [3.8, 4) is 0 Å². The molecule has 0 bridgehead atoms. The van der Waals surface area contributed by atoms with Crippen molar-refractivity contribution in [3.63, 3.8) is 0 Å².